The Morgan fingerprint density at radius 3 is 2.28 bits per heavy atom. The SMILES string of the molecule is O=C(O)[C@@H]1[C@H](C(=O)Nc2ccccc2-c2ccccc2)[C@H]2CC[C@H]1O2. The van der Waals surface area contributed by atoms with Gasteiger partial charge in [-0.1, -0.05) is 48.5 Å². The van der Waals surface area contributed by atoms with Gasteiger partial charge in [0.05, 0.1) is 24.0 Å². The Morgan fingerprint density at radius 1 is 0.920 bits per heavy atom. The van der Waals surface area contributed by atoms with E-state index < -0.39 is 17.8 Å². The van der Waals surface area contributed by atoms with Crippen molar-refractivity contribution in [2.45, 2.75) is 25.0 Å². The lowest BCUT2D eigenvalue weighted by molar-refractivity contribution is -0.147. The van der Waals surface area contributed by atoms with E-state index in [2.05, 4.69) is 5.32 Å². The number of aliphatic carboxylic acids is 1. The van der Waals surface area contributed by atoms with Crippen LogP contribution in [0.1, 0.15) is 12.8 Å². The van der Waals surface area contributed by atoms with Crippen LogP contribution in [0, 0.1) is 11.8 Å². The van der Waals surface area contributed by atoms with Crippen LogP contribution < -0.4 is 5.32 Å². The maximum absolute atomic E-state index is 12.8. The first-order chi connectivity index (χ1) is 12.1. The fraction of sp³-hybridized carbons (Fsp3) is 0.300. The number of nitrogens with one attached hydrogen (secondary N) is 1. The summed E-state index contributed by atoms with van der Waals surface area (Å²) in [5.41, 5.74) is 2.59. The molecule has 25 heavy (non-hydrogen) atoms. The summed E-state index contributed by atoms with van der Waals surface area (Å²) in [7, 11) is 0. The normalized spacial score (nSPS) is 27.2. The summed E-state index contributed by atoms with van der Waals surface area (Å²) in [4.78, 5) is 24.4. The van der Waals surface area contributed by atoms with Crippen LogP contribution in [0.3, 0.4) is 0 Å². The Kier molecular flexibility index (Phi) is 4.01. The van der Waals surface area contributed by atoms with E-state index in [9.17, 15) is 14.7 Å². The molecule has 4 atom stereocenters. The van der Waals surface area contributed by atoms with E-state index in [-0.39, 0.29) is 18.1 Å². The van der Waals surface area contributed by atoms with Gasteiger partial charge in [0.15, 0.2) is 0 Å². The van der Waals surface area contributed by atoms with Gasteiger partial charge in [0.1, 0.15) is 0 Å². The Hall–Kier alpha value is -2.66. The molecular weight excluding hydrogens is 318 g/mol. The lowest BCUT2D eigenvalue weighted by Crippen LogP contribution is -2.41. The van der Waals surface area contributed by atoms with Gasteiger partial charge < -0.3 is 15.2 Å². The predicted octanol–water partition coefficient (Wildman–Crippen LogP) is 3.17. The van der Waals surface area contributed by atoms with Crippen LogP contribution in [-0.4, -0.2) is 29.2 Å². The molecule has 2 aromatic carbocycles. The Bertz CT molecular complexity index is 804. The Balaban J connectivity index is 1.61. The maximum atomic E-state index is 12.8. The van der Waals surface area contributed by atoms with Crippen LogP contribution in [0.2, 0.25) is 0 Å². The zero-order chi connectivity index (χ0) is 17.4. The molecule has 128 valence electrons. The summed E-state index contributed by atoms with van der Waals surface area (Å²) in [6.45, 7) is 0. The van der Waals surface area contributed by atoms with Crippen LogP contribution >= 0.6 is 0 Å². The van der Waals surface area contributed by atoms with E-state index in [1.54, 1.807) is 0 Å². The summed E-state index contributed by atoms with van der Waals surface area (Å²) in [5, 5.41) is 12.4. The molecule has 5 nitrogen and oxygen atoms in total. The topological polar surface area (TPSA) is 75.6 Å². The average Bonchev–Trinajstić information content (AvgIpc) is 3.24. The molecule has 2 N–H and O–H groups in total. The molecule has 2 heterocycles. The third kappa shape index (κ3) is 2.81. The predicted molar refractivity (Wildman–Crippen MR) is 93.0 cm³/mol. The Morgan fingerprint density at radius 2 is 1.56 bits per heavy atom. The lowest BCUT2D eigenvalue weighted by Gasteiger charge is -2.24. The van der Waals surface area contributed by atoms with Crippen LogP contribution in [0.25, 0.3) is 11.1 Å². The molecule has 0 saturated carbocycles. The summed E-state index contributed by atoms with van der Waals surface area (Å²) in [6.07, 6.45) is 0.816. The minimum absolute atomic E-state index is 0.275. The van der Waals surface area contributed by atoms with Gasteiger partial charge in [-0.3, -0.25) is 9.59 Å². The van der Waals surface area contributed by atoms with Crippen LogP contribution in [0.15, 0.2) is 54.6 Å². The molecule has 4 rings (SSSR count). The van der Waals surface area contributed by atoms with E-state index in [0.29, 0.717) is 12.1 Å². The van der Waals surface area contributed by atoms with Crippen molar-refractivity contribution < 1.29 is 19.4 Å². The summed E-state index contributed by atoms with van der Waals surface area (Å²) in [5.74, 6) is -2.63. The molecule has 2 aliphatic rings. The number of fused-ring (bicyclic) bond motifs is 2. The number of carbonyl (C=O) groups is 2. The van der Waals surface area contributed by atoms with Crippen molar-refractivity contribution in [2.75, 3.05) is 5.32 Å². The number of rotatable bonds is 4. The number of anilines is 1. The third-order valence-electron chi connectivity index (χ3n) is 5.13. The van der Waals surface area contributed by atoms with Crippen molar-refractivity contribution in [1.29, 1.82) is 0 Å². The second-order valence-corrected chi connectivity index (χ2v) is 6.58. The van der Waals surface area contributed by atoms with Gasteiger partial charge in [-0.25, -0.2) is 0 Å². The van der Waals surface area contributed by atoms with Gasteiger partial charge in [0, 0.05) is 11.3 Å². The number of amides is 1. The van der Waals surface area contributed by atoms with Crippen molar-refractivity contribution >= 4 is 17.6 Å². The average molecular weight is 337 g/mol. The molecule has 2 bridgehead atoms. The highest BCUT2D eigenvalue weighted by atomic mass is 16.5. The first-order valence-corrected chi connectivity index (χ1v) is 8.49. The summed E-state index contributed by atoms with van der Waals surface area (Å²) < 4.78 is 5.69. The third-order valence-corrected chi connectivity index (χ3v) is 5.13. The van der Waals surface area contributed by atoms with Crippen molar-refractivity contribution in [3.8, 4) is 11.1 Å². The van der Waals surface area contributed by atoms with Crippen LogP contribution in [0.5, 0.6) is 0 Å². The van der Waals surface area contributed by atoms with Crippen LogP contribution in [0.4, 0.5) is 5.69 Å². The molecule has 0 aromatic heterocycles. The van der Waals surface area contributed by atoms with E-state index in [4.69, 9.17) is 4.74 Å². The van der Waals surface area contributed by atoms with Gasteiger partial charge in [0.25, 0.3) is 0 Å². The van der Waals surface area contributed by atoms with Gasteiger partial charge in [-0.15, -0.1) is 0 Å². The molecule has 5 heteroatoms. The second-order valence-electron chi connectivity index (χ2n) is 6.58. The van der Waals surface area contributed by atoms with E-state index in [0.717, 1.165) is 17.5 Å². The number of para-hydroxylation sites is 1. The van der Waals surface area contributed by atoms with Gasteiger partial charge in [-0.2, -0.15) is 0 Å². The number of carboxylic acid groups (broad SMARTS) is 1. The second kappa shape index (κ2) is 6.33. The molecular formula is C20H19NO4. The largest absolute Gasteiger partial charge is 0.481 e. The highest BCUT2D eigenvalue weighted by Gasteiger charge is 2.55. The fourth-order valence-electron chi connectivity index (χ4n) is 4.00. The number of carboxylic acids is 1. The summed E-state index contributed by atoms with van der Waals surface area (Å²) >= 11 is 0. The molecule has 0 unspecified atom stereocenters. The monoisotopic (exact) mass is 337 g/mol. The number of ether oxygens (including phenoxy) is 1. The zero-order valence-corrected chi connectivity index (χ0v) is 13.6. The highest BCUT2D eigenvalue weighted by molar-refractivity contribution is 5.99. The standard InChI is InChI=1S/C20H19NO4/c22-19(17-15-10-11-16(25-15)18(17)20(23)24)21-14-9-5-4-8-13(14)12-6-2-1-3-7-12/h1-9,15-18H,10-11H2,(H,21,22)(H,23,24)/t15-,16-,17-,18+/m1/s1. The van der Waals surface area contributed by atoms with Crippen molar-refractivity contribution in [3.63, 3.8) is 0 Å². The van der Waals surface area contributed by atoms with Crippen molar-refractivity contribution in [2.24, 2.45) is 11.8 Å². The van der Waals surface area contributed by atoms with Gasteiger partial charge in [-0.05, 0) is 24.5 Å². The van der Waals surface area contributed by atoms with Gasteiger partial charge >= 0.3 is 5.97 Å². The molecule has 1 amide bonds. The van der Waals surface area contributed by atoms with E-state index in [1.807, 2.05) is 54.6 Å². The minimum Gasteiger partial charge on any atom is -0.481 e. The number of carbonyl (C=O) groups excluding carboxylic acids is 1. The molecule has 2 aliphatic heterocycles. The maximum Gasteiger partial charge on any atom is 0.310 e. The first-order valence-electron chi connectivity index (χ1n) is 8.49. The quantitative estimate of drug-likeness (QED) is 0.898. The first kappa shape index (κ1) is 15.8. The molecule has 0 radical (unpaired) electrons. The Labute approximate surface area is 145 Å². The van der Waals surface area contributed by atoms with E-state index in [1.165, 1.54) is 0 Å². The molecule has 0 aliphatic carbocycles. The van der Waals surface area contributed by atoms with Gasteiger partial charge in [0.2, 0.25) is 5.91 Å². The molecule has 2 saturated heterocycles. The smallest absolute Gasteiger partial charge is 0.310 e. The fourth-order valence-corrected chi connectivity index (χ4v) is 4.00. The number of hydrogen-bond acceptors (Lipinski definition) is 3. The van der Waals surface area contributed by atoms with Crippen LogP contribution in [-0.2, 0) is 14.3 Å². The van der Waals surface area contributed by atoms with E-state index >= 15 is 0 Å². The summed E-state index contributed by atoms with van der Waals surface area (Å²) in [6, 6.07) is 17.3. The number of hydrogen-bond donors (Lipinski definition) is 2. The minimum atomic E-state index is -0.955. The van der Waals surface area contributed by atoms with Crippen molar-refractivity contribution in [1.82, 2.24) is 0 Å². The lowest BCUT2D eigenvalue weighted by atomic mass is 9.78. The van der Waals surface area contributed by atoms with Crippen molar-refractivity contribution in [3.05, 3.63) is 54.6 Å². The highest BCUT2D eigenvalue weighted by Crippen LogP contribution is 2.44. The number of benzene rings is 2. The zero-order valence-electron chi connectivity index (χ0n) is 13.6. The molecule has 2 aromatic rings. The molecule has 2 fully saturated rings. The molecule has 0 spiro atoms.